The average Bonchev–Trinajstić information content (AvgIpc) is 2.89. The number of carboxylic acid groups (broad SMARTS) is 2. The van der Waals surface area contributed by atoms with Gasteiger partial charge < -0.3 is 14.9 Å². The van der Waals surface area contributed by atoms with Crippen molar-refractivity contribution in [3.05, 3.63) is 40.3 Å². The zero-order valence-corrected chi connectivity index (χ0v) is 15.7. The molecule has 0 radical (unpaired) electrons. The van der Waals surface area contributed by atoms with E-state index < -0.39 is 36.3 Å². The first-order valence-corrected chi connectivity index (χ1v) is 8.87. The van der Waals surface area contributed by atoms with E-state index in [0.29, 0.717) is 11.1 Å². The molecule has 0 spiro atoms. The Morgan fingerprint density at radius 3 is 2.41 bits per heavy atom. The van der Waals surface area contributed by atoms with E-state index in [9.17, 15) is 24.3 Å². The van der Waals surface area contributed by atoms with Crippen LogP contribution in [-0.2, 0) is 19.1 Å². The molecule has 2 rings (SSSR count). The number of carbonyl (C=O) groups is 4. The van der Waals surface area contributed by atoms with Gasteiger partial charge in [0.1, 0.15) is 10.4 Å². The number of esters is 1. The summed E-state index contributed by atoms with van der Waals surface area (Å²) in [6.45, 7) is 0. The van der Waals surface area contributed by atoms with E-state index in [1.807, 2.05) is 0 Å². The lowest BCUT2D eigenvalue weighted by Crippen LogP contribution is -2.44. The van der Waals surface area contributed by atoms with Crippen LogP contribution in [0.3, 0.4) is 0 Å². The molecule has 1 aromatic carbocycles. The van der Waals surface area contributed by atoms with Gasteiger partial charge in [0.05, 0.1) is 17.6 Å². The minimum atomic E-state index is -1.35. The summed E-state index contributed by atoms with van der Waals surface area (Å²) in [4.78, 5) is 47.4. The van der Waals surface area contributed by atoms with Gasteiger partial charge in [-0.15, -0.1) is 0 Å². The van der Waals surface area contributed by atoms with Crippen molar-refractivity contribution in [2.45, 2.75) is 18.9 Å². The number of thioether (sulfide) groups is 1. The van der Waals surface area contributed by atoms with Gasteiger partial charge in [0.2, 0.25) is 0 Å². The van der Waals surface area contributed by atoms with Gasteiger partial charge in [-0.05, 0) is 30.2 Å². The SMILES string of the molecule is COC(=O)c1ccc(/C=C2/SC(=S)N(C(CCC(=O)O)C(=O)O)C2=O)cc1. The number of thiocarbonyl (C=S) groups is 1. The van der Waals surface area contributed by atoms with Crippen molar-refractivity contribution in [1.29, 1.82) is 0 Å². The Labute approximate surface area is 163 Å². The van der Waals surface area contributed by atoms with E-state index >= 15 is 0 Å². The molecule has 1 unspecified atom stereocenters. The number of carboxylic acids is 2. The van der Waals surface area contributed by atoms with Crippen molar-refractivity contribution >= 4 is 58.2 Å². The van der Waals surface area contributed by atoms with Gasteiger partial charge in [-0.2, -0.15) is 0 Å². The number of aliphatic carboxylic acids is 2. The topological polar surface area (TPSA) is 121 Å². The number of rotatable bonds is 7. The van der Waals surface area contributed by atoms with Crippen molar-refractivity contribution in [1.82, 2.24) is 4.90 Å². The molecular weight excluding hydrogens is 394 g/mol. The molecule has 10 heteroatoms. The molecule has 1 aliphatic rings. The number of carbonyl (C=O) groups excluding carboxylic acids is 2. The molecule has 27 heavy (non-hydrogen) atoms. The second kappa shape index (κ2) is 8.78. The summed E-state index contributed by atoms with van der Waals surface area (Å²) in [6.07, 6.45) is 0.872. The second-order valence-corrected chi connectivity index (χ2v) is 7.13. The molecule has 8 nitrogen and oxygen atoms in total. The Hall–Kier alpha value is -2.72. The molecule has 0 aliphatic carbocycles. The van der Waals surface area contributed by atoms with Gasteiger partial charge in [-0.1, -0.05) is 36.1 Å². The zero-order valence-electron chi connectivity index (χ0n) is 14.1. The molecule has 2 N–H and O–H groups in total. The van der Waals surface area contributed by atoms with Crippen molar-refractivity contribution in [3.8, 4) is 0 Å². The van der Waals surface area contributed by atoms with Crippen molar-refractivity contribution < 1.29 is 34.1 Å². The molecule has 1 aromatic rings. The van der Waals surface area contributed by atoms with Gasteiger partial charge in [-0.3, -0.25) is 14.5 Å². The molecule has 0 aromatic heterocycles. The number of benzene rings is 1. The number of hydrogen-bond donors (Lipinski definition) is 2. The molecular formula is C17H15NO7S2. The summed E-state index contributed by atoms with van der Waals surface area (Å²) in [5.74, 6) is -3.57. The van der Waals surface area contributed by atoms with Crippen molar-refractivity contribution in [2.75, 3.05) is 7.11 Å². The highest BCUT2D eigenvalue weighted by Gasteiger charge is 2.40. The summed E-state index contributed by atoms with van der Waals surface area (Å²) in [7, 11) is 1.27. The maximum absolute atomic E-state index is 12.6. The first-order chi connectivity index (χ1) is 12.7. The van der Waals surface area contributed by atoms with Gasteiger partial charge in [-0.25, -0.2) is 9.59 Å². The van der Waals surface area contributed by atoms with Crippen LogP contribution in [0, 0.1) is 0 Å². The van der Waals surface area contributed by atoms with Crippen LogP contribution in [0.2, 0.25) is 0 Å². The molecule has 1 amide bonds. The first kappa shape index (κ1) is 20.6. The molecule has 0 saturated carbocycles. The lowest BCUT2D eigenvalue weighted by Gasteiger charge is -2.22. The van der Waals surface area contributed by atoms with Gasteiger partial charge in [0.15, 0.2) is 0 Å². The highest BCUT2D eigenvalue weighted by Crippen LogP contribution is 2.35. The lowest BCUT2D eigenvalue weighted by atomic mass is 10.1. The Kier molecular flexibility index (Phi) is 6.70. The summed E-state index contributed by atoms with van der Waals surface area (Å²) >= 11 is 6.05. The molecule has 1 aliphatic heterocycles. The van der Waals surface area contributed by atoms with Crippen LogP contribution in [0.4, 0.5) is 0 Å². The molecule has 1 fully saturated rings. The Morgan fingerprint density at radius 1 is 1.26 bits per heavy atom. The van der Waals surface area contributed by atoms with Crippen LogP contribution in [-0.4, -0.2) is 56.4 Å². The Morgan fingerprint density at radius 2 is 1.89 bits per heavy atom. The quantitative estimate of drug-likeness (QED) is 0.395. The molecule has 1 atom stereocenters. The molecule has 1 saturated heterocycles. The van der Waals surface area contributed by atoms with Crippen LogP contribution in [0.5, 0.6) is 0 Å². The first-order valence-electron chi connectivity index (χ1n) is 7.64. The minimum Gasteiger partial charge on any atom is -0.481 e. The van der Waals surface area contributed by atoms with E-state index in [1.54, 1.807) is 12.1 Å². The van der Waals surface area contributed by atoms with Crippen molar-refractivity contribution in [3.63, 3.8) is 0 Å². The monoisotopic (exact) mass is 409 g/mol. The Bertz CT molecular complexity index is 832. The maximum Gasteiger partial charge on any atom is 0.337 e. The van der Waals surface area contributed by atoms with Gasteiger partial charge >= 0.3 is 17.9 Å². The number of hydrogen-bond acceptors (Lipinski definition) is 7. The molecule has 142 valence electrons. The van der Waals surface area contributed by atoms with Crippen LogP contribution in [0.15, 0.2) is 29.2 Å². The Balaban J connectivity index is 2.23. The smallest absolute Gasteiger partial charge is 0.337 e. The van der Waals surface area contributed by atoms with E-state index in [0.717, 1.165) is 16.7 Å². The highest BCUT2D eigenvalue weighted by molar-refractivity contribution is 8.26. The minimum absolute atomic E-state index is 0.0511. The van der Waals surface area contributed by atoms with E-state index in [-0.39, 0.29) is 15.6 Å². The van der Waals surface area contributed by atoms with E-state index in [1.165, 1.54) is 25.3 Å². The third-order valence-corrected chi connectivity index (χ3v) is 5.01. The summed E-state index contributed by atoms with van der Waals surface area (Å²) in [5, 5.41) is 18.1. The van der Waals surface area contributed by atoms with Crippen LogP contribution >= 0.6 is 24.0 Å². The van der Waals surface area contributed by atoms with Crippen LogP contribution in [0.25, 0.3) is 6.08 Å². The largest absolute Gasteiger partial charge is 0.481 e. The van der Waals surface area contributed by atoms with E-state index in [4.69, 9.17) is 17.3 Å². The van der Waals surface area contributed by atoms with Crippen molar-refractivity contribution in [2.24, 2.45) is 0 Å². The summed E-state index contributed by atoms with van der Waals surface area (Å²) in [5.41, 5.74) is 0.961. The molecule has 1 heterocycles. The normalized spacial score (nSPS) is 16.5. The fourth-order valence-corrected chi connectivity index (χ4v) is 3.71. The van der Waals surface area contributed by atoms with Gasteiger partial charge in [0, 0.05) is 6.42 Å². The predicted octanol–water partition coefficient (Wildman–Crippen LogP) is 1.99. The number of methoxy groups -OCH3 is 1. The zero-order chi connectivity index (χ0) is 20.1. The highest BCUT2D eigenvalue weighted by atomic mass is 32.2. The summed E-state index contributed by atoms with van der Waals surface area (Å²) in [6, 6.07) is 4.94. The fourth-order valence-electron chi connectivity index (χ4n) is 2.36. The number of nitrogens with zero attached hydrogens (tertiary/aromatic N) is 1. The number of amides is 1. The molecule has 0 bridgehead atoms. The second-order valence-electron chi connectivity index (χ2n) is 5.45. The van der Waals surface area contributed by atoms with Crippen LogP contribution in [0.1, 0.15) is 28.8 Å². The number of ether oxygens (including phenoxy) is 1. The van der Waals surface area contributed by atoms with Gasteiger partial charge in [0.25, 0.3) is 5.91 Å². The predicted molar refractivity (Wildman–Crippen MR) is 101 cm³/mol. The lowest BCUT2D eigenvalue weighted by molar-refractivity contribution is -0.146. The van der Waals surface area contributed by atoms with E-state index in [2.05, 4.69) is 4.74 Å². The summed E-state index contributed by atoms with van der Waals surface area (Å²) < 4.78 is 4.66. The third kappa shape index (κ3) is 4.92. The van der Waals surface area contributed by atoms with Crippen LogP contribution < -0.4 is 0 Å². The maximum atomic E-state index is 12.6. The fraction of sp³-hybridized carbons (Fsp3) is 0.235. The third-order valence-electron chi connectivity index (χ3n) is 3.68. The average molecular weight is 409 g/mol. The standard InChI is InChI=1S/C17H15NO7S2/c1-25-16(24)10-4-2-9(3-5-10)8-12-14(21)18(17(26)27-12)11(15(22)23)6-7-13(19)20/h2-5,8,11H,6-7H2,1H3,(H,19,20)(H,22,23)/b12-8+.